The summed E-state index contributed by atoms with van der Waals surface area (Å²) < 4.78 is 6.20. The predicted molar refractivity (Wildman–Crippen MR) is 143 cm³/mol. The van der Waals surface area contributed by atoms with E-state index in [0.29, 0.717) is 40.9 Å². The van der Waals surface area contributed by atoms with Gasteiger partial charge in [0.1, 0.15) is 22.7 Å². The van der Waals surface area contributed by atoms with Gasteiger partial charge in [-0.2, -0.15) is 5.10 Å². The topological polar surface area (TPSA) is 125 Å². The first kappa shape index (κ1) is 23.9. The van der Waals surface area contributed by atoms with Gasteiger partial charge in [-0.25, -0.2) is 9.97 Å². The van der Waals surface area contributed by atoms with E-state index >= 15 is 0 Å². The molecule has 2 aliphatic rings. The molecule has 1 saturated carbocycles. The zero-order chi connectivity index (χ0) is 26.1. The van der Waals surface area contributed by atoms with E-state index in [1.165, 1.54) is 0 Å². The molecule has 38 heavy (non-hydrogen) atoms. The average Bonchev–Trinajstić information content (AvgIpc) is 3.70. The molecule has 4 heterocycles. The molecule has 1 aliphatic heterocycles. The number of carbonyl (C=O) groups excluding carboxylic acids is 2. The van der Waals surface area contributed by atoms with Gasteiger partial charge in [0.15, 0.2) is 11.5 Å². The number of fused-ring (bicyclic) bond motifs is 1. The Morgan fingerprint density at radius 3 is 2.66 bits per heavy atom. The Labute approximate surface area is 219 Å². The summed E-state index contributed by atoms with van der Waals surface area (Å²) in [6.07, 6.45) is 7.26. The van der Waals surface area contributed by atoms with Crippen molar-refractivity contribution in [2.75, 3.05) is 23.7 Å². The number of rotatable bonds is 7. The number of aromatic nitrogens is 4. The third-order valence-corrected chi connectivity index (χ3v) is 6.93. The predicted octanol–water partition coefficient (Wildman–Crippen LogP) is 4.52. The average molecular weight is 512 g/mol. The van der Waals surface area contributed by atoms with Crippen molar-refractivity contribution in [3.8, 4) is 11.5 Å². The summed E-state index contributed by atoms with van der Waals surface area (Å²) in [5.74, 6) is 2.58. The maximum Gasteiger partial charge on any atom is 0.256 e. The number of benzene rings is 1. The summed E-state index contributed by atoms with van der Waals surface area (Å²) in [6, 6.07) is 12.5. The van der Waals surface area contributed by atoms with Crippen molar-refractivity contribution >= 4 is 34.5 Å². The van der Waals surface area contributed by atoms with Crippen LogP contribution < -0.4 is 15.4 Å². The molecule has 1 atom stereocenters. The molecule has 4 aromatic rings. The first-order valence-electron chi connectivity index (χ1n) is 12.9. The highest BCUT2D eigenvalue weighted by atomic mass is 16.5. The Kier molecular flexibility index (Phi) is 6.36. The van der Waals surface area contributed by atoms with Crippen LogP contribution in [0, 0.1) is 12.8 Å². The molecule has 0 bridgehead atoms. The summed E-state index contributed by atoms with van der Waals surface area (Å²) in [5, 5.41) is 14.5. The van der Waals surface area contributed by atoms with Gasteiger partial charge in [-0.05, 0) is 74.6 Å². The Balaban J connectivity index is 1.16. The van der Waals surface area contributed by atoms with E-state index in [1.54, 1.807) is 42.7 Å². The summed E-state index contributed by atoms with van der Waals surface area (Å²) in [6.45, 7) is 3.43. The van der Waals surface area contributed by atoms with Gasteiger partial charge < -0.3 is 20.3 Å². The van der Waals surface area contributed by atoms with E-state index in [4.69, 9.17) is 4.74 Å². The highest BCUT2D eigenvalue weighted by molar-refractivity contribution is 6.03. The minimum atomic E-state index is -0.246. The normalized spacial score (nSPS) is 17.3. The molecule has 0 radical (unpaired) electrons. The first-order chi connectivity index (χ1) is 18.5. The number of ether oxygens (including phenoxy) is 1. The number of aromatic amines is 1. The fraction of sp³-hybridized carbons (Fsp3) is 0.321. The summed E-state index contributed by atoms with van der Waals surface area (Å²) in [7, 11) is 0. The number of nitrogens with one attached hydrogen (secondary N) is 3. The van der Waals surface area contributed by atoms with Gasteiger partial charge in [-0.1, -0.05) is 0 Å². The first-order valence-corrected chi connectivity index (χ1v) is 12.9. The number of nitrogens with zero attached hydrogens (tertiary/aromatic N) is 4. The van der Waals surface area contributed by atoms with E-state index in [0.717, 1.165) is 43.2 Å². The van der Waals surface area contributed by atoms with Gasteiger partial charge in [0.05, 0.1) is 0 Å². The fourth-order valence-corrected chi connectivity index (χ4v) is 4.78. The zero-order valence-electron chi connectivity index (χ0n) is 21.1. The van der Waals surface area contributed by atoms with Crippen LogP contribution in [-0.4, -0.2) is 56.0 Å². The molecular formula is C28H29N7O3. The molecular weight excluding hydrogens is 482 g/mol. The van der Waals surface area contributed by atoms with E-state index in [-0.39, 0.29) is 23.8 Å². The van der Waals surface area contributed by atoms with Crippen LogP contribution in [0.4, 0.5) is 11.6 Å². The third kappa shape index (κ3) is 5.15. The number of carbonyl (C=O) groups is 2. The number of amides is 2. The molecule has 3 aromatic heterocycles. The van der Waals surface area contributed by atoms with Crippen molar-refractivity contribution in [3.63, 3.8) is 0 Å². The van der Waals surface area contributed by atoms with E-state index < -0.39 is 0 Å². The number of H-pyrrole nitrogens is 1. The number of aryl methyl sites for hydroxylation is 1. The van der Waals surface area contributed by atoms with Crippen LogP contribution in [0.5, 0.6) is 11.5 Å². The summed E-state index contributed by atoms with van der Waals surface area (Å²) >= 11 is 0. The quantitative estimate of drug-likeness (QED) is 0.333. The number of pyridine rings is 2. The van der Waals surface area contributed by atoms with E-state index in [9.17, 15) is 9.59 Å². The lowest BCUT2D eigenvalue weighted by atomic mass is 10.0. The largest absolute Gasteiger partial charge is 0.456 e. The molecule has 10 heteroatoms. The van der Waals surface area contributed by atoms with Crippen LogP contribution in [0.2, 0.25) is 0 Å². The third-order valence-electron chi connectivity index (χ3n) is 6.93. The van der Waals surface area contributed by atoms with Gasteiger partial charge in [-0.15, -0.1) is 0 Å². The van der Waals surface area contributed by atoms with E-state index in [1.807, 2.05) is 24.0 Å². The van der Waals surface area contributed by atoms with Crippen molar-refractivity contribution in [2.24, 2.45) is 5.92 Å². The standard InChI is InChI=1S/C28H29N7O3/c1-17-10-12-29-23(15-17)32-27(36)18-6-8-21(9-7-18)38-22-11-13-30-25-24(22)26(34-33-25)31-20-3-2-14-35(16-20)28(37)19-4-5-19/h6-13,15,19-20H,2-5,14,16H2,1H3,(H,29,32,36)(H2,30,31,33,34)/t20-/m1/s1. The second kappa shape index (κ2) is 10.1. The molecule has 1 aromatic carbocycles. The van der Waals surface area contributed by atoms with Crippen molar-refractivity contribution in [1.82, 2.24) is 25.1 Å². The molecule has 1 saturated heterocycles. The Morgan fingerprint density at radius 1 is 1.05 bits per heavy atom. The lowest BCUT2D eigenvalue weighted by Crippen LogP contribution is -2.45. The minimum absolute atomic E-state index is 0.103. The lowest BCUT2D eigenvalue weighted by Gasteiger charge is -2.33. The fourth-order valence-electron chi connectivity index (χ4n) is 4.78. The number of piperidine rings is 1. The number of likely N-dealkylation sites (tertiary alicyclic amines) is 1. The molecule has 10 nitrogen and oxygen atoms in total. The maximum atomic E-state index is 12.6. The van der Waals surface area contributed by atoms with Gasteiger partial charge in [-0.3, -0.25) is 14.7 Å². The molecule has 2 amide bonds. The van der Waals surface area contributed by atoms with Gasteiger partial charge in [0.25, 0.3) is 5.91 Å². The van der Waals surface area contributed by atoms with Crippen LogP contribution in [-0.2, 0) is 4.79 Å². The minimum Gasteiger partial charge on any atom is -0.456 e. The lowest BCUT2D eigenvalue weighted by molar-refractivity contribution is -0.133. The Hall–Kier alpha value is -4.47. The summed E-state index contributed by atoms with van der Waals surface area (Å²) in [5.41, 5.74) is 2.12. The maximum absolute atomic E-state index is 12.6. The molecule has 0 unspecified atom stereocenters. The molecule has 3 N–H and O–H groups in total. The Morgan fingerprint density at radius 2 is 1.87 bits per heavy atom. The van der Waals surface area contributed by atoms with Crippen LogP contribution in [0.1, 0.15) is 41.6 Å². The molecule has 2 fully saturated rings. The van der Waals surface area contributed by atoms with Crippen LogP contribution in [0.3, 0.4) is 0 Å². The van der Waals surface area contributed by atoms with Crippen molar-refractivity contribution < 1.29 is 14.3 Å². The van der Waals surface area contributed by atoms with Crippen molar-refractivity contribution in [1.29, 1.82) is 0 Å². The second-order valence-electron chi connectivity index (χ2n) is 9.95. The van der Waals surface area contributed by atoms with Crippen LogP contribution >= 0.6 is 0 Å². The zero-order valence-corrected chi connectivity index (χ0v) is 21.1. The highest BCUT2D eigenvalue weighted by Gasteiger charge is 2.35. The monoisotopic (exact) mass is 511 g/mol. The SMILES string of the molecule is Cc1ccnc(NC(=O)c2ccc(Oc3ccnc4[nH]nc(N[C@@H]5CCCN(C(=O)C6CC6)C5)c34)cc2)c1. The van der Waals surface area contributed by atoms with Gasteiger partial charge in [0, 0.05) is 49.1 Å². The molecule has 1 aliphatic carbocycles. The smallest absolute Gasteiger partial charge is 0.256 e. The highest BCUT2D eigenvalue weighted by Crippen LogP contribution is 2.35. The molecule has 0 spiro atoms. The summed E-state index contributed by atoms with van der Waals surface area (Å²) in [4.78, 5) is 35.8. The van der Waals surface area contributed by atoms with Gasteiger partial charge in [0.2, 0.25) is 5.91 Å². The van der Waals surface area contributed by atoms with Crippen LogP contribution in [0.25, 0.3) is 11.0 Å². The number of hydrogen-bond acceptors (Lipinski definition) is 7. The molecule has 6 rings (SSSR count). The van der Waals surface area contributed by atoms with Gasteiger partial charge >= 0.3 is 0 Å². The van der Waals surface area contributed by atoms with Crippen molar-refractivity contribution in [2.45, 2.75) is 38.6 Å². The van der Waals surface area contributed by atoms with E-state index in [2.05, 4.69) is 30.8 Å². The van der Waals surface area contributed by atoms with Crippen molar-refractivity contribution in [3.05, 3.63) is 66.0 Å². The number of hydrogen-bond donors (Lipinski definition) is 3. The second-order valence-corrected chi connectivity index (χ2v) is 9.95. The molecule has 194 valence electrons. The number of anilines is 2. The van der Waals surface area contributed by atoms with Crippen LogP contribution in [0.15, 0.2) is 54.9 Å². The Bertz CT molecular complexity index is 1480.